The molecule has 0 saturated carbocycles. The number of aryl methyl sites for hydroxylation is 2. The van der Waals surface area contributed by atoms with Crippen molar-refractivity contribution in [3.05, 3.63) is 40.5 Å². The Labute approximate surface area is 134 Å². The van der Waals surface area contributed by atoms with E-state index < -0.39 is 10.0 Å². The lowest BCUT2D eigenvalue weighted by Crippen LogP contribution is -2.28. The highest BCUT2D eigenvalue weighted by Crippen LogP contribution is 2.31. The molecule has 1 aromatic carbocycles. The van der Waals surface area contributed by atoms with Gasteiger partial charge in [-0.15, -0.1) is 0 Å². The highest BCUT2D eigenvalue weighted by atomic mass is 35.5. The number of benzene rings is 1. The molecule has 22 heavy (non-hydrogen) atoms. The third-order valence-corrected chi connectivity index (χ3v) is 6.09. The molecule has 0 radical (unpaired) electrons. The first-order valence-corrected chi connectivity index (χ1v) is 8.76. The minimum atomic E-state index is -3.55. The van der Waals surface area contributed by atoms with Gasteiger partial charge in [0.1, 0.15) is 0 Å². The second-order valence-electron chi connectivity index (χ2n) is 5.44. The molecular weight excluding hydrogens is 326 g/mol. The molecule has 1 atom stereocenters. The third-order valence-electron chi connectivity index (χ3n) is 3.82. The van der Waals surface area contributed by atoms with Gasteiger partial charge < -0.3 is 4.52 Å². The maximum Gasteiger partial charge on any atom is 0.243 e. The highest BCUT2D eigenvalue weighted by Gasteiger charge is 2.35. The quantitative estimate of drug-likeness (QED) is 0.857. The lowest BCUT2D eigenvalue weighted by molar-refractivity contribution is 0.351. The molecule has 2 heterocycles. The van der Waals surface area contributed by atoms with E-state index in [4.69, 9.17) is 16.1 Å². The van der Waals surface area contributed by atoms with Gasteiger partial charge in [-0.05, 0) is 38.0 Å². The topological polar surface area (TPSA) is 76.3 Å². The van der Waals surface area contributed by atoms with Crippen molar-refractivity contribution in [1.29, 1.82) is 0 Å². The van der Waals surface area contributed by atoms with Crippen LogP contribution in [-0.4, -0.2) is 36.0 Å². The average Bonchev–Trinajstić information content (AvgIpc) is 3.10. The van der Waals surface area contributed by atoms with Gasteiger partial charge in [-0.3, -0.25) is 0 Å². The number of hydrogen-bond acceptors (Lipinski definition) is 5. The number of halogens is 1. The van der Waals surface area contributed by atoms with Crippen LogP contribution >= 0.6 is 11.6 Å². The molecule has 1 fully saturated rings. The van der Waals surface area contributed by atoms with E-state index in [2.05, 4.69) is 10.1 Å². The van der Waals surface area contributed by atoms with Gasteiger partial charge >= 0.3 is 0 Å². The van der Waals surface area contributed by atoms with Gasteiger partial charge in [-0.1, -0.05) is 22.8 Å². The Balaban J connectivity index is 1.83. The average molecular weight is 342 g/mol. The number of sulfonamides is 1. The SMILES string of the molecule is Cc1noc([C@@H]2CCN(S(=O)(=O)c3ccc(C)c(Cl)c3)C2)n1. The van der Waals surface area contributed by atoms with Crippen LogP contribution < -0.4 is 0 Å². The van der Waals surface area contributed by atoms with Crippen LogP contribution in [0, 0.1) is 13.8 Å². The molecule has 0 spiro atoms. The van der Waals surface area contributed by atoms with E-state index in [-0.39, 0.29) is 10.8 Å². The van der Waals surface area contributed by atoms with E-state index in [0.717, 1.165) is 5.56 Å². The predicted octanol–water partition coefficient (Wildman–Crippen LogP) is 2.52. The van der Waals surface area contributed by atoms with Gasteiger partial charge in [-0.2, -0.15) is 9.29 Å². The van der Waals surface area contributed by atoms with E-state index in [0.29, 0.717) is 36.2 Å². The number of nitrogens with zero attached hydrogens (tertiary/aromatic N) is 3. The van der Waals surface area contributed by atoms with Gasteiger partial charge in [0.15, 0.2) is 5.82 Å². The van der Waals surface area contributed by atoms with Crippen LogP contribution in [0.3, 0.4) is 0 Å². The van der Waals surface area contributed by atoms with Crippen molar-refractivity contribution in [2.75, 3.05) is 13.1 Å². The molecule has 3 rings (SSSR count). The smallest absolute Gasteiger partial charge is 0.243 e. The summed E-state index contributed by atoms with van der Waals surface area (Å²) in [5.41, 5.74) is 0.848. The molecule has 0 unspecified atom stereocenters. The van der Waals surface area contributed by atoms with Gasteiger partial charge in [0, 0.05) is 18.1 Å². The van der Waals surface area contributed by atoms with Crippen molar-refractivity contribution < 1.29 is 12.9 Å². The molecule has 0 aliphatic carbocycles. The van der Waals surface area contributed by atoms with Crippen LogP contribution in [0.1, 0.15) is 29.6 Å². The molecule has 1 aromatic heterocycles. The lowest BCUT2D eigenvalue weighted by Gasteiger charge is -2.16. The van der Waals surface area contributed by atoms with Crippen molar-refractivity contribution in [1.82, 2.24) is 14.4 Å². The van der Waals surface area contributed by atoms with Crippen molar-refractivity contribution in [3.63, 3.8) is 0 Å². The number of rotatable bonds is 3. The van der Waals surface area contributed by atoms with E-state index in [1.54, 1.807) is 19.1 Å². The maximum absolute atomic E-state index is 12.7. The largest absolute Gasteiger partial charge is 0.339 e. The summed E-state index contributed by atoms with van der Waals surface area (Å²) in [6.07, 6.45) is 0.667. The van der Waals surface area contributed by atoms with Crippen LogP contribution in [0.2, 0.25) is 5.02 Å². The monoisotopic (exact) mass is 341 g/mol. The first-order chi connectivity index (χ1) is 10.4. The fraction of sp³-hybridized carbons (Fsp3) is 0.429. The Morgan fingerprint density at radius 3 is 2.77 bits per heavy atom. The summed E-state index contributed by atoms with van der Waals surface area (Å²) in [5, 5.41) is 4.20. The second kappa shape index (κ2) is 5.64. The van der Waals surface area contributed by atoms with Crippen molar-refractivity contribution in [2.45, 2.75) is 31.1 Å². The maximum atomic E-state index is 12.7. The number of aromatic nitrogens is 2. The first-order valence-electron chi connectivity index (χ1n) is 6.94. The summed E-state index contributed by atoms with van der Waals surface area (Å²) in [7, 11) is -3.55. The lowest BCUT2D eigenvalue weighted by atomic mass is 10.1. The summed E-state index contributed by atoms with van der Waals surface area (Å²) in [4.78, 5) is 4.40. The molecule has 6 nitrogen and oxygen atoms in total. The zero-order valence-electron chi connectivity index (χ0n) is 12.3. The summed E-state index contributed by atoms with van der Waals surface area (Å²) < 4.78 is 32.0. The van der Waals surface area contributed by atoms with E-state index >= 15 is 0 Å². The molecule has 8 heteroatoms. The Hall–Kier alpha value is -1.44. The summed E-state index contributed by atoms with van der Waals surface area (Å²) in [6, 6.07) is 4.79. The molecule has 2 aromatic rings. The summed E-state index contributed by atoms with van der Waals surface area (Å²) in [5.74, 6) is 0.996. The van der Waals surface area contributed by atoms with Crippen molar-refractivity contribution in [3.8, 4) is 0 Å². The highest BCUT2D eigenvalue weighted by molar-refractivity contribution is 7.89. The number of hydrogen-bond donors (Lipinski definition) is 0. The van der Waals surface area contributed by atoms with Crippen LogP contribution in [0.4, 0.5) is 0 Å². The van der Waals surface area contributed by atoms with Gasteiger partial charge in [0.25, 0.3) is 0 Å². The molecule has 0 bridgehead atoms. The summed E-state index contributed by atoms with van der Waals surface area (Å²) >= 11 is 6.04. The fourth-order valence-electron chi connectivity index (χ4n) is 2.51. The molecule has 1 aliphatic rings. The Bertz CT molecular complexity index is 803. The zero-order chi connectivity index (χ0) is 15.9. The van der Waals surface area contributed by atoms with E-state index in [1.165, 1.54) is 10.4 Å². The zero-order valence-corrected chi connectivity index (χ0v) is 13.9. The van der Waals surface area contributed by atoms with Gasteiger partial charge in [0.2, 0.25) is 15.9 Å². The van der Waals surface area contributed by atoms with Crippen LogP contribution in [0.15, 0.2) is 27.6 Å². The van der Waals surface area contributed by atoms with Crippen molar-refractivity contribution >= 4 is 21.6 Å². The molecular formula is C14H16ClN3O3S. The van der Waals surface area contributed by atoms with E-state index in [9.17, 15) is 8.42 Å². The molecule has 0 N–H and O–H groups in total. The van der Waals surface area contributed by atoms with Crippen LogP contribution in [0.25, 0.3) is 0 Å². The summed E-state index contributed by atoms with van der Waals surface area (Å²) in [6.45, 7) is 4.35. The molecule has 118 valence electrons. The Morgan fingerprint density at radius 2 is 2.14 bits per heavy atom. The van der Waals surface area contributed by atoms with Gasteiger partial charge in [0.05, 0.1) is 10.8 Å². The van der Waals surface area contributed by atoms with Crippen LogP contribution in [0.5, 0.6) is 0 Å². The first kappa shape index (κ1) is 15.5. The van der Waals surface area contributed by atoms with Gasteiger partial charge in [-0.25, -0.2) is 8.42 Å². The molecule has 1 aliphatic heterocycles. The Kier molecular flexibility index (Phi) is 3.96. The minimum Gasteiger partial charge on any atom is -0.339 e. The standard InChI is InChI=1S/C14H16ClN3O3S/c1-9-3-4-12(7-13(9)15)22(19,20)18-6-5-11(8-18)14-16-10(2)17-21-14/h3-4,7,11H,5-6,8H2,1-2H3/t11-/m1/s1. The fourth-order valence-corrected chi connectivity index (χ4v) is 4.28. The minimum absolute atomic E-state index is 0.0584. The predicted molar refractivity (Wildman–Crippen MR) is 81.3 cm³/mol. The second-order valence-corrected chi connectivity index (χ2v) is 7.78. The van der Waals surface area contributed by atoms with E-state index in [1.807, 2.05) is 6.92 Å². The van der Waals surface area contributed by atoms with Crippen LogP contribution in [-0.2, 0) is 10.0 Å². The normalized spacial score (nSPS) is 19.7. The van der Waals surface area contributed by atoms with Crippen molar-refractivity contribution in [2.24, 2.45) is 0 Å². The molecule has 1 saturated heterocycles. The third kappa shape index (κ3) is 2.76. The Morgan fingerprint density at radius 1 is 1.36 bits per heavy atom. The molecule has 0 amide bonds.